The summed E-state index contributed by atoms with van der Waals surface area (Å²) in [6, 6.07) is 17.2. The van der Waals surface area contributed by atoms with Crippen LogP contribution in [0.5, 0.6) is 5.88 Å². The van der Waals surface area contributed by atoms with Gasteiger partial charge in [0, 0.05) is 44.0 Å². The van der Waals surface area contributed by atoms with Crippen LogP contribution in [-0.4, -0.2) is 98.5 Å². The van der Waals surface area contributed by atoms with E-state index < -0.39 is 27.5 Å². The number of likely N-dealkylation sites (tertiary alicyclic amines) is 1. The first-order chi connectivity index (χ1) is 23.2. The molecule has 13 heteroatoms. The van der Waals surface area contributed by atoms with Crippen molar-refractivity contribution in [3.8, 4) is 11.9 Å². The number of nitrogens with zero attached hydrogens (tertiary/aromatic N) is 6. The normalized spacial score (nSPS) is 20.7. The Hall–Kier alpha value is -4.51. The van der Waals surface area contributed by atoms with Gasteiger partial charge in [-0.25, -0.2) is 18.2 Å². The standard InChI is InChI=1S/C35H41N7O5S/c1-3-17-39-18-14-27(15-19-39)40-20-22-41(23-21-40)34(44)38-35(29-11-8-16-37-32(29)47-4-2)30-24-26(25-36)12-13-31(30)42(33(35)43)48(45,46)28-9-6-5-7-10-28/h5-13,16,24,27H,3-4,14-15,17-23H2,1-2H3,(H,38,44). The molecule has 6 rings (SSSR count). The van der Waals surface area contributed by atoms with E-state index in [1.54, 1.807) is 42.2 Å². The molecule has 4 heterocycles. The number of carbonyl (C=O) groups is 2. The molecule has 3 aliphatic heterocycles. The van der Waals surface area contributed by atoms with Crippen molar-refractivity contribution >= 4 is 27.6 Å². The van der Waals surface area contributed by atoms with E-state index in [0.29, 0.717) is 32.2 Å². The molecule has 1 unspecified atom stereocenters. The molecule has 252 valence electrons. The molecular weight excluding hydrogens is 630 g/mol. The molecule has 2 fully saturated rings. The lowest BCUT2D eigenvalue weighted by atomic mass is 9.83. The molecule has 3 aromatic rings. The number of piperidine rings is 1. The molecule has 0 bridgehead atoms. The average Bonchev–Trinajstić information content (AvgIpc) is 3.37. The molecule has 12 nitrogen and oxygen atoms in total. The number of piperazine rings is 1. The molecule has 1 N–H and O–H groups in total. The highest BCUT2D eigenvalue weighted by Gasteiger charge is 2.59. The number of aromatic nitrogens is 1. The van der Waals surface area contributed by atoms with Gasteiger partial charge in [-0.1, -0.05) is 25.1 Å². The van der Waals surface area contributed by atoms with Crippen molar-refractivity contribution in [1.82, 2.24) is 25.0 Å². The molecule has 0 aliphatic carbocycles. The van der Waals surface area contributed by atoms with E-state index in [4.69, 9.17) is 4.74 Å². The summed E-state index contributed by atoms with van der Waals surface area (Å²) in [4.78, 5) is 40.1. The van der Waals surface area contributed by atoms with Crippen molar-refractivity contribution in [2.45, 2.75) is 49.6 Å². The number of nitrogens with one attached hydrogen (secondary N) is 1. The van der Waals surface area contributed by atoms with E-state index in [2.05, 4.69) is 33.1 Å². The van der Waals surface area contributed by atoms with Gasteiger partial charge in [-0.2, -0.15) is 9.57 Å². The van der Waals surface area contributed by atoms with Gasteiger partial charge < -0.3 is 19.9 Å². The third kappa shape index (κ3) is 6.00. The Kier molecular flexibility index (Phi) is 9.68. The second-order valence-electron chi connectivity index (χ2n) is 12.3. The van der Waals surface area contributed by atoms with Gasteiger partial charge >= 0.3 is 6.03 Å². The maximum Gasteiger partial charge on any atom is 0.318 e. The number of ether oxygens (including phenoxy) is 1. The summed E-state index contributed by atoms with van der Waals surface area (Å²) in [5.41, 5.74) is -1.52. The Morgan fingerprint density at radius 3 is 2.40 bits per heavy atom. The first-order valence-electron chi connectivity index (χ1n) is 16.6. The Morgan fingerprint density at radius 1 is 1.00 bits per heavy atom. The second kappa shape index (κ2) is 13.9. The number of rotatable bonds is 9. The highest BCUT2D eigenvalue weighted by atomic mass is 32.2. The summed E-state index contributed by atoms with van der Waals surface area (Å²) in [6.07, 6.45) is 4.83. The van der Waals surface area contributed by atoms with Crippen LogP contribution < -0.4 is 14.4 Å². The van der Waals surface area contributed by atoms with Gasteiger partial charge in [0.15, 0.2) is 5.54 Å². The van der Waals surface area contributed by atoms with Gasteiger partial charge in [0.1, 0.15) is 0 Å². The van der Waals surface area contributed by atoms with E-state index >= 15 is 0 Å². The van der Waals surface area contributed by atoms with Crippen molar-refractivity contribution in [2.75, 3.05) is 56.7 Å². The Labute approximate surface area is 281 Å². The minimum atomic E-state index is -4.45. The predicted molar refractivity (Wildman–Crippen MR) is 180 cm³/mol. The number of amides is 3. The Bertz CT molecular complexity index is 1800. The van der Waals surface area contributed by atoms with E-state index in [-0.39, 0.29) is 39.8 Å². The molecule has 1 atom stereocenters. The van der Waals surface area contributed by atoms with E-state index in [1.807, 2.05) is 0 Å². The fraction of sp³-hybridized carbons (Fsp3) is 0.429. The zero-order chi connectivity index (χ0) is 33.9. The van der Waals surface area contributed by atoms with Crippen molar-refractivity contribution in [3.05, 3.63) is 83.6 Å². The quantitative estimate of drug-likeness (QED) is 0.362. The summed E-state index contributed by atoms with van der Waals surface area (Å²) in [6.45, 7) is 9.69. The predicted octanol–water partition coefficient (Wildman–Crippen LogP) is 3.53. The molecule has 0 spiro atoms. The van der Waals surface area contributed by atoms with Crippen LogP contribution in [0.4, 0.5) is 10.5 Å². The molecule has 3 aliphatic rings. The topological polar surface area (TPSA) is 139 Å². The van der Waals surface area contributed by atoms with Crippen LogP contribution in [0.15, 0.2) is 71.8 Å². The molecule has 2 saturated heterocycles. The van der Waals surface area contributed by atoms with Crippen molar-refractivity contribution in [1.29, 1.82) is 5.26 Å². The number of fused-ring (bicyclic) bond motifs is 1. The number of pyridine rings is 1. The zero-order valence-corrected chi connectivity index (χ0v) is 28.2. The van der Waals surface area contributed by atoms with Crippen LogP contribution in [0.3, 0.4) is 0 Å². The number of anilines is 1. The minimum absolute atomic E-state index is 0.0358. The van der Waals surface area contributed by atoms with Gasteiger partial charge in [-0.3, -0.25) is 9.69 Å². The number of benzene rings is 2. The van der Waals surface area contributed by atoms with Crippen LogP contribution in [0, 0.1) is 11.3 Å². The third-order valence-corrected chi connectivity index (χ3v) is 11.2. The molecule has 1 aromatic heterocycles. The summed E-state index contributed by atoms with van der Waals surface area (Å²) in [5.74, 6) is -0.851. The highest BCUT2D eigenvalue weighted by Crippen LogP contribution is 2.49. The van der Waals surface area contributed by atoms with Gasteiger partial charge in [0.05, 0.1) is 34.4 Å². The first-order valence-corrected chi connectivity index (χ1v) is 18.0. The number of hydrogen-bond donors (Lipinski definition) is 1. The summed E-state index contributed by atoms with van der Waals surface area (Å²) < 4.78 is 35.0. The maximum absolute atomic E-state index is 14.9. The fourth-order valence-corrected chi connectivity index (χ4v) is 8.61. The van der Waals surface area contributed by atoms with Crippen molar-refractivity contribution in [3.63, 3.8) is 0 Å². The lowest BCUT2D eigenvalue weighted by molar-refractivity contribution is -0.121. The van der Waals surface area contributed by atoms with Crippen molar-refractivity contribution in [2.24, 2.45) is 0 Å². The monoisotopic (exact) mass is 671 g/mol. The zero-order valence-electron chi connectivity index (χ0n) is 27.3. The van der Waals surface area contributed by atoms with Crippen LogP contribution in [0.25, 0.3) is 0 Å². The van der Waals surface area contributed by atoms with E-state index in [9.17, 15) is 23.3 Å². The summed E-state index contributed by atoms with van der Waals surface area (Å²) >= 11 is 0. The molecule has 48 heavy (non-hydrogen) atoms. The third-order valence-electron chi connectivity index (χ3n) is 9.50. The number of sulfonamides is 1. The summed E-state index contributed by atoms with van der Waals surface area (Å²) in [5, 5.41) is 12.8. The SMILES string of the molecule is CCCN1CCC(N2CCN(C(=O)NC3(c4cccnc4OCC)C(=O)N(S(=O)(=O)c4ccccc4)c4ccc(C#N)cc43)CC2)CC1. The lowest BCUT2D eigenvalue weighted by Crippen LogP contribution is -2.61. The van der Waals surface area contributed by atoms with Crippen LogP contribution in [-0.2, 0) is 20.4 Å². The lowest BCUT2D eigenvalue weighted by Gasteiger charge is -2.43. The largest absolute Gasteiger partial charge is 0.478 e. The van der Waals surface area contributed by atoms with Gasteiger partial charge in [-0.05, 0) is 88.3 Å². The van der Waals surface area contributed by atoms with Gasteiger partial charge in [0.2, 0.25) is 5.88 Å². The van der Waals surface area contributed by atoms with Crippen LogP contribution >= 0.6 is 0 Å². The second-order valence-corrected chi connectivity index (χ2v) is 14.1. The minimum Gasteiger partial charge on any atom is -0.478 e. The smallest absolute Gasteiger partial charge is 0.318 e. The molecule has 0 radical (unpaired) electrons. The molecule has 2 aromatic carbocycles. The molecule has 3 amide bonds. The van der Waals surface area contributed by atoms with E-state index in [0.717, 1.165) is 43.2 Å². The van der Waals surface area contributed by atoms with Gasteiger partial charge in [-0.15, -0.1) is 0 Å². The Balaban J connectivity index is 1.37. The molecule has 0 saturated carbocycles. The van der Waals surface area contributed by atoms with E-state index in [1.165, 1.54) is 36.5 Å². The first kappa shape index (κ1) is 33.4. The Morgan fingerprint density at radius 2 is 1.73 bits per heavy atom. The summed E-state index contributed by atoms with van der Waals surface area (Å²) in [7, 11) is -4.45. The molecular formula is C35H41N7O5S. The number of carbonyl (C=O) groups excluding carboxylic acids is 2. The fourth-order valence-electron chi connectivity index (χ4n) is 7.13. The maximum atomic E-state index is 14.9. The highest BCUT2D eigenvalue weighted by molar-refractivity contribution is 7.93. The van der Waals surface area contributed by atoms with Gasteiger partial charge in [0.25, 0.3) is 15.9 Å². The average molecular weight is 672 g/mol. The number of hydrogen-bond acceptors (Lipinski definition) is 9. The number of nitriles is 1. The van der Waals surface area contributed by atoms with Crippen LogP contribution in [0.1, 0.15) is 49.8 Å². The van der Waals surface area contributed by atoms with Crippen molar-refractivity contribution < 1.29 is 22.7 Å². The van der Waals surface area contributed by atoms with Crippen LogP contribution in [0.2, 0.25) is 0 Å². The number of urea groups is 1.